The largest absolute Gasteiger partial charge is 0.382 e. The summed E-state index contributed by atoms with van der Waals surface area (Å²) in [7, 11) is 1.37. The molecule has 62 valence electrons. The van der Waals surface area contributed by atoms with Gasteiger partial charge in [0, 0.05) is 7.11 Å². The molecule has 0 aliphatic rings. The second-order valence-electron chi connectivity index (χ2n) is 2.28. The molecular formula is C7H14F2O. The van der Waals surface area contributed by atoms with E-state index >= 15 is 0 Å². The van der Waals surface area contributed by atoms with Crippen molar-refractivity contribution in [2.24, 2.45) is 0 Å². The molecule has 0 aliphatic carbocycles. The predicted molar refractivity (Wildman–Crippen MR) is 36.6 cm³/mol. The molecule has 0 unspecified atom stereocenters. The number of hydrogen-bond donors (Lipinski definition) is 0. The van der Waals surface area contributed by atoms with Crippen LogP contribution < -0.4 is 0 Å². The van der Waals surface area contributed by atoms with E-state index in [2.05, 4.69) is 4.74 Å². The third-order valence-corrected chi connectivity index (χ3v) is 1.28. The van der Waals surface area contributed by atoms with Crippen LogP contribution in [0.2, 0.25) is 0 Å². The van der Waals surface area contributed by atoms with Gasteiger partial charge in [0.15, 0.2) is 6.17 Å². The van der Waals surface area contributed by atoms with Crippen LogP contribution in [0.1, 0.15) is 19.8 Å². The highest BCUT2D eigenvalue weighted by molar-refractivity contribution is 4.66. The van der Waals surface area contributed by atoms with Crippen LogP contribution in [0, 0.1) is 0 Å². The van der Waals surface area contributed by atoms with Crippen LogP contribution in [0.25, 0.3) is 0 Å². The van der Waals surface area contributed by atoms with E-state index in [1.807, 2.05) is 6.92 Å². The van der Waals surface area contributed by atoms with Crippen molar-refractivity contribution in [1.82, 2.24) is 0 Å². The van der Waals surface area contributed by atoms with Crippen molar-refractivity contribution in [1.29, 1.82) is 0 Å². The Kier molecular flexibility index (Phi) is 5.49. The molecule has 10 heavy (non-hydrogen) atoms. The first-order valence-electron chi connectivity index (χ1n) is 3.49. The monoisotopic (exact) mass is 152 g/mol. The van der Waals surface area contributed by atoms with E-state index in [9.17, 15) is 8.78 Å². The second kappa shape index (κ2) is 5.59. The molecule has 2 atom stereocenters. The van der Waals surface area contributed by atoms with Crippen molar-refractivity contribution in [3.63, 3.8) is 0 Å². The van der Waals surface area contributed by atoms with E-state index in [-0.39, 0.29) is 13.0 Å². The highest BCUT2D eigenvalue weighted by Crippen LogP contribution is 2.10. The van der Waals surface area contributed by atoms with Crippen LogP contribution in [-0.4, -0.2) is 26.1 Å². The summed E-state index contributed by atoms with van der Waals surface area (Å²) in [5.41, 5.74) is 0. The molecule has 0 aromatic heterocycles. The van der Waals surface area contributed by atoms with Gasteiger partial charge in [-0.15, -0.1) is 0 Å². The topological polar surface area (TPSA) is 9.23 Å². The van der Waals surface area contributed by atoms with Crippen molar-refractivity contribution in [2.45, 2.75) is 32.1 Å². The molecule has 0 rings (SSSR count). The first kappa shape index (κ1) is 9.82. The summed E-state index contributed by atoms with van der Waals surface area (Å²) in [6, 6.07) is 0. The van der Waals surface area contributed by atoms with Gasteiger partial charge in [-0.05, 0) is 6.42 Å². The molecule has 0 saturated heterocycles. The second-order valence-corrected chi connectivity index (χ2v) is 2.28. The summed E-state index contributed by atoms with van der Waals surface area (Å²) < 4.78 is 29.5. The smallest absolute Gasteiger partial charge is 0.154 e. The van der Waals surface area contributed by atoms with Crippen molar-refractivity contribution in [2.75, 3.05) is 13.7 Å². The normalized spacial score (nSPS) is 16.8. The Morgan fingerprint density at radius 3 is 2.30 bits per heavy atom. The fraction of sp³-hybridized carbons (Fsp3) is 1.00. The predicted octanol–water partition coefficient (Wildman–Crippen LogP) is 2.11. The van der Waals surface area contributed by atoms with Crippen LogP contribution in [0.3, 0.4) is 0 Å². The number of rotatable bonds is 5. The molecule has 0 radical (unpaired) electrons. The van der Waals surface area contributed by atoms with E-state index in [4.69, 9.17) is 0 Å². The number of ether oxygens (including phenoxy) is 1. The Hall–Kier alpha value is -0.180. The first-order valence-corrected chi connectivity index (χ1v) is 3.49. The van der Waals surface area contributed by atoms with Crippen molar-refractivity contribution >= 4 is 0 Å². The summed E-state index contributed by atoms with van der Waals surface area (Å²) in [5.74, 6) is 0. The Labute approximate surface area is 60.4 Å². The minimum Gasteiger partial charge on any atom is -0.382 e. The quantitative estimate of drug-likeness (QED) is 0.586. The standard InChI is InChI=1S/C7H14F2O/c1-3-4-6(8)7(9)5-10-2/h6-7H,3-5H2,1-2H3/t6-,7-/m1/s1. The van der Waals surface area contributed by atoms with E-state index in [0.29, 0.717) is 6.42 Å². The van der Waals surface area contributed by atoms with Gasteiger partial charge in [0.25, 0.3) is 0 Å². The van der Waals surface area contributed by atoms with Gasteiger partial charge in [-0.1, -0.05) is 13.3 Å². The molecule has 0 saturated carbocycles. The number of alkyl halides is 2. The number of methoxy groups -OCH3 is 1. The highest BCUT2D eigenvalue weighted by atomic mass is 19.2. The molecule has 3 heteroatoms. The molecule has 0 spiro atoms. The molecule has 1 nitrogen and oxygen atoms in total. The molecule has 0 aromatic carbocycles. The molecule has 0 amide bonds. The van der Waals surface area contributed by atoms with Gasteiger partial charge < -0.3 is 4.74 Å². The molecule has 0 fully saturated rings. The van der Waals surface area contributed by atoms with Gasteiger partial charge in [0.05, 0.1) is 6.61 Å². The first-order chi connectivity index (χ1) is 4.72. The third-order valence-electron chi connectivity index (χ3n) is 1.28. The van der Waals surface area contributed by atoms with E-state index in [1.165, 1.54) is 7.11 Å². The third kappa shape index (κ3) is 3.77. The van der Waals surface area contributed by atoms with Crippen molar-refractivity contribution in [3.8, 4) is 0 Å². The lowest BCUT2D eigenvalue weighted by atomic mass is 10.1. The SMILES string of the molecule is CCC[C@@H](F)[C@H](F)COC. The molecular weight excluding hydrogens is 138 g/mol. The lowest BCUT2D eigenvalue weighted by Crippen LogP contribution is -2.21. The lowest BCUT2D eigenvalue weighted by molar-refractivity contribution is 0.0651. The Balaban J connectivity index is 3.38. The zero-order valence-corrected chi connectivity index (χ0v) is 6.44. The van der Waals surface area contributed by atoms with E-state index in [1.54, 1.807) is 0 Å². The maximum atomic E-state index is 12.5. The van der Waals surface area contributed by atoms with Crippen LogP contribution in [0.15, 0.2) is 0 Å². The summed E-state index contributed by atoms with van der Waals surface area (Å²) in [6.07, 6.45) is -1.86. The summed E-state index contributed by atoms with van der Waals surface area (Å²) in [6.45, 7) is 1.69. The van der Waals surface area contributed by atoms with E-state index in [0.717, 1.165) is 0 Å². The lowest BCUT2D eigenvalue weighted by Gasteiger charge is -2.10. The summed E-state index contributed by atoms with van der Waals surface area (Å²) in [5, 5.41) is 0. The fourth-order valence-corrected chi connectivity index (χ4v) is 0.720. The zero-order chi connectivity index (χ0) is 7.98. The van der Waals surface area contributed by atoms with Gasteiger partial charge in [-0.25, -0.2) is 8.78 Å². The minimum absolute atomic E-state index is 0.138. The van der Waals surface area contributed by atoms with Crippen molar-refractivity contribution < 1.29 is 13.5 Å². The number of hydrogen-bond acceptors (Lipinski definition) is 1. The average Bonchev–Trinajstić information content (AvgIpc) is 1.89. The summed E-state index contributed by atoms with van der Waals surface area (Å²) >= 11 is 0. The molecule has 0 bridgehead atoms. The van der Waals surface area contributed by atoms with E-state index < -0.39 is 12.3 Å². The van der Waals surface area contributed by atoms with Gasteiger partial charge >= 0.3 is 0 Å². The molecule has 0 aromatic rings. The highest BCUT2D eigenvalue weighted by Gasteiger charge is 2.18. The average molecular weight is 152 g/mol. The number of halogens is 2. The van der Waals surface area contributed by atoms with Gasteiger partial charge in [0.1, 0.15) is 6.17 Å². The fourth-order valence-electron chi connectivity index (χ4n) is 0.720. The zero-order valence-electron chi connectivity index (χ0n) is 6.44. The van der Waals surface area contributed by atoms with Crippen LogP contribution in [-0.2, 0) is 4.74 Å². The Morgan fingerprint density at radius 2 is 1.90 bits per heavy atom. The van der Waals surface area contributed by atoms with Crippen LogP contribution >= 0.6 is 0 Å². The Bertz CT molecular complexity index is 68.0. The Morgan fingerprint density at radius 1 is 1.30 bits per heavy atom. The van der Waals surface area contributed by atoms with Gasteiger partial charge in [0.2, 0.25) is 0 Å². The molecule has 0 heterocycles. The maximum Gasteiger partial charge on any atom is 0.154 e. The summed E-state index contributed by atoms with van der Waals surface area (Å²) in [4.78, 5) is 0. The van der Waals surface area contributed by atoms with Crippen LogP contribution in [0.4, 0.5) is 8.78 Å². The maximum absolute atomic E-state index is 12.5. The van der Waals surface area contributed by atoms with Gasteiger partial charge in [-0.3, -0.25) is 0 Å². The minimum atomic E-state index is -1.45. The van der Waals surface area contributed by atoms with Crippen molar-refractivity contribution in [3.05, 3.63) is 0 Å². The molecule has 0 aliphatic heterocycles. The molecule has 0 N–H and O–H groups in total. The van der Waals surface area contributed by atoms with Gasteiger partial charge in [-0.2, -0.15) is 0 Å². The van der Waals surface area contributed by atoms with Crippen LogP contribution in [0.5, 0.6) is 0 Å².